The third kappa shape index (κ3) is 1.57. The first-order chi connectivity index (χ1) is 10.4. The Kier molecular flexibility index (Phi) is 2.91. The second-order valence-corrected chi connectivity index (χ2v) is 5.02. The van der Waals surface area contributed by atoms with Gasteiger partial charge in [0.05, 0.1) is 25.2 Å². The van der Waals surface area contributed by atoms with Crippen LogP contribution in [0.25, 0.3) is 16.3 Å². The SMILES string of the molecule is COc1cc(O)c2c(O)c(O)c(OC)c3c2c1C(C)=CC3=O. The Morgan fingerprint density at radius 3 is 2.23 bits per heavy atom. The minimum atomic E-state index is -0.585. The molecule has 0 unspecified atom stereocenters. The number of carbonyl (C=O) groups excluding carboxylic acids is 1. The van der Waals surface area contributed by atoms with Crippen molar-refractivity contribution in [1.29, 1.82) is 0 Å². The van der Waals surface area contributed by atoms with Gasteiger partial charge in [0.25, 0.3) is 0 Å². The van der Waals surface area contributed by atoms with E-state index < -0.39 is 11.5 Å². The predicted octanol–water partition coefficient (Wildman–Crippen LogP) is 2.57. The zero-order valence-corrected chi connectivity index (χ0v) is 12.2. The van der Waals surface area contributed by atoms with E-state index in [9.17, 15) is 20.1 Å². The Hall–Kier alpha value is -2.89. The molecule has 3 N–H and O–H groups in total. The zero-order valence-electron chi connectivity index (χ0n) is 12.2. The summed E-state index contributed by atoms with van der Waals surface area (Å²) in [5.41, 5.74) is 1.28. The maximum Gasteiger partial charge on any atom is 0.202 e. The largest absolute Gasteiger partial charge is 0.507 e. The van der Waals surface area contributed by atoms with Crippen LogP contribution in [0.1, 0.15) is 22.8 Å². The van der Waals surface area contributed by atoms with Gasteiger partial charge in [-0.1, -0.05) is 0 Å². The Morgan fingerprint density at radius 1 is 0.955 bits per heavy atom. The lowest BCUT2D eigenvalue weighted by Gasteiger charge is -2.22. The van der Waals surface area contributed by atoms with Gasteiger partial charge < -0.3 is 24.8 Å². The molecule has 114 valence electrons. The minimum Gasteiger partial charge on any atom is -0.507 e. The van der Waals surface area contributed by atoms with Gasteiger partial charge in [-0.2, -0.15) is 0 Å². The number of allylic oxidation sites excluding steroid dienone is 2. The Bertz CT molecular complexity index is 863. The van der Waals surface area contributed by atoms with E-state index in [4.69, 9.17) is 9.47 Å². The number of phenols is 3. The molecule has 0 aromatic heterocycles. The van der Waals surface area contributed by atoms with Crippen molar-refractivity contribution in [3.8, 4) is 28.7 Å². The van der Waals surface area contributed by atoms with Crippen LogP contribution in [-0.2, 0) is 0 Å². The Morgan fingerprint density at radius 2 is 1.64 bits per heavy atom. The van der Waals surface area contributed by atoms with E-state index in [-0.39, 0.29) is 28.2 Å². The number of rotatable bonds is 2. The zero-order chi connectivity index (χ0) is 16.2. The van der Waals surface area contributed by atoms with Gasteiger partial charge in [-0.15, -0.1) is 0 Å². The van der Waals surface area contributed by atoms with Crippen molar-refractivity contribution in [3.05, 3.63) is 23.3 Å². The van der Waals surface area contributed by atoms with Gasteiger partial charge in [-0.3, -0.25) is 4.79 Å². The van der Waals surface area contributed by atoms with Crippen molar-refractivity contribution in [3.63, 3.8) is 0 Å². The molecular formula is C16H14O6. The lowest BCUT2D eigenvalue weighted by atomic mass is 9.85. The molecule has 0 heterocycles. The molecule has 0 spiro atoms. The second-order valence-electron chi connectivity index (χ2n) is 5.02. The number of hydrogen-bond acceptors (Lipinski definition) is 6. The van der Waals surface area contributed by atoms with Crippen molar-refractivity contribution >= 4 is 22.1 Å². The number of hydrogen-bond donors (Lipinski definition) is 3. The van der Waals surface area contributed by atoms with Crippen LogP contribution in [0.2, 0.25) is 0 Å². The van der Waals surface area contributed by atoms with Gasteiger partial charge >= 0.3 is 0 Å². The molecular weight excluding hydrogens is 288 g/mol. The molecule has 6 heteroatoms. The number of ether oxygens (including phenoxy) is 2. The number of carbonyl (C=O) groups is 1. The number of phenolic OH excluding ortho intramolecular Hbond substituents is 3. The molecule has 0 amide bonds. The molecule has 1 aliphatic rings. The summed E-state index contributed by atoms with van der Waals surface area (Å²) in [4.78, 5) is 12.4. The normalized spacial score (nSPS) is 13.2. The summed E-state index contributed by atoms with van der Waals surface area (Å²) in [7, 11) is 2.73. The lowest BCUT2D eigenvalue weighted by Crippen LogP contribution is -2.08. The summed E-state index contributed by atoms with van der Waals surface area (Å²) in [6.45, 7) is 1.73. The van der Waals surface area contributed by atoms with Crippen molar-refractivity contribution in [1.82, 2.24) is 0 Å². The van der Waals surface area contributed by atoms with Gasteiger partial charge in [0.15, 0.2) is 17.3 Å². The first-order valence-corrected chi connectivity index (χ1v) is 6.50. The summed E-state index contributed by atoms with van der Waals surface area (Å²) in [5, 5.41) is 30.7. The van der Waals surface area contributed by atoms with E-state index in [0.717, 1.165) is 0 Å². The van der Waals surface area contributed by atoms with Gasteiger partial charge in [-0.05, 0) is 18.6 Å². The third-order valence-corrected chi connectivity index (χ3v) is 3.84. The van der Waals surface area contributed by atoms with Crippen LogP contribution in [0.4, 0.5) is 0 Å². The van der Waals surface area contributed by atoms with Crippen molar-refractivity contribution < 1.29 is 29.6 Å². The molecule has 1 aliphatic carbocycles. The summed E-state index contributed by atoms with van der Waals surface area (Å²) >= 11 is 0. The van der Waals surface area contributed by atoms with Crippen LogP contribution in [-0.4, -0.2) is 35.3 Å². The smallest absolute Gasteiger partial charge is 0.202 e. The van der Waals surface area contributed by atoms with Crippen molar-refractivity contribution in [2.45, 2.75) is 6.92 Å². The molecule has 22 heavy (non-hydrogen) atoms. The van der Waals surface area contributed by atoms with E-state index >= 15 is 0 Å². The van der Waals surface area contributed by atoms with E-state index in [1.54, 1.807) is 6.92 Å². The van der Waals surface area contributed by atoms with E-state index in [2.05, 4.69) is 0 Å². The average molecular weight is 302 g/mol. The van der Waals surface area contributed by atoms with Crippen molar-refractivity contribution in [2.75, 3.05) is 14.2 Å². The molecule has 2 aromatic rings. The van der Waals surface area contributed by atoms with Crippen LogP contribution < -0.4 is 9.47 Å². The van der Waals surface area contributed by atoms with Crippen LogP contribution in [0.5, 0.6) is 28.7 Å². The second kappa shape index (κ2) is 4.56. The average Bonchev–Trinajstić information content (AvgIpc) is 2.48. The van der Waals surface area contributed by atoms with Crippen molar-refractivity contribution in [2.24, 2.45) is 0 Å². The van der Waals surface area contributed by atoms with Crippen LogP contribution in [0, 0.1) is 0 Å². The van der Waals surface area contributed by atoms with Crippen LogP contribution in [0.15, 0.2) is 12.1 Å². The molecule has 0 aliphatic heterocycles. The number of benzene rings is 2. The van der Waals surface area contributed by atoms with Crippen LogP contribution in [0.3, 0.4) is 0 Å². The van der Waals surface area contributed by atoms with E-state index in [1.165, 1.54) is 26.4 Å². The maximum atomic E-state index is 12.4. The molecule has 0 bridgehead atoms. The third-order valence-electron chi connectivity index (χ3n) is 3.84. The van der Waals surface area contributed by atoms with E-state index in [1.807, 2.05) is 0 Å². The molecule has 0 saturated heterocycles. The monoisotopic (exact) mass is 302 g/mol. The molecule has 0 fully saturated rings. The molecule has 3 rings (SSSR count). The number of methoxy groups -OCH3 is 2. The van der Waals surface area contributed by atoms with E-state index in [0.29, 0.717) is 22.3 Å². The highest BCUT2D eigenvalue weighted by Crippen LogP contribution is 2.53. The highest BCUT2D eigenvalue weighted by molar-refractivity contribution is 6.26. The summed E-state index contributed by atoms with van der Waals surface area (Å²) < 4.78 is 10.3. The summed E-state index contributed by atoms with van der Waals surface area (Å²) in [5.74, 6) is -1.57. The first kappa shape index (κ1) is 14.1. The fourth-order valence-electron chi connectivity index (χ4n) is 2.92. The minimum absolute atomic E-state index is 0.00935. The molecule has 2 aromatic carbocycles. The molecule has 6 nitrogen and oxygen atoms in total. The molecule has 0 saturated carbocycles. The standard InChI is InChI=1S/C16H14O6/c1-6-4-7(17)12-13-10(6)9(21-2)5-8(18)11(13)14(19)15(20)16(12)22-3/h4-5,18-20H,1-3H3. The fourth-order valence-corrected chi connectivity index (χ4v) is 2.92. The number of ketones is 1. The van der Waals surface area contributed by atoms with Gasteiger partial charge in [0.1, 0.15) is 11.5 Å². The topological polar surface area (TPSA) is 96.2 Å². The lowest BCUT2D eigenvalue weighted by molar-refractivity contribution is 0.104. The fraction of sp³-hybridized carbons (Fsp3) is 0.188. The maximum absolute atomic E-state index is 12.4. The summed E-state index contributed by atoms with van der Waals surface area (Å²) in [6.07, 6.45) is 1.40. The first-order valence-electron chi connectivity index (χ1n) is 6.50. The highest BCUT2D eigenvalue weighted by Gasteiger charge is 2.32. The predicted molar refractivity (Wildman–Crippen MR) is 80.0 cm³/mol. The van der Waals surface area contributed by atoms with Gasteiger partial charge in [0, 0.05) is 17.0 Å². The number of aromatic hydroxyl groups is 3. The summed E-state index contributed by atoms with van der Waals surface area (Å²) in [6, 6.07) is 1.33. The molecule has 0 atom stereocenters. The Balaban J connectivity index is 2.68. The quantitative estimate of drug-likeness (QED) is 0.738. The Labute approximate surface area is 125 Å². The van der Waals surface area contributed by atoms with Gasteiger partial charge in [0.2, 0.25) is 5.75 Å². The van der Waals surface area contributed by atoms with Gasteiger partial charge in [-0.25, -0.2) is 0 Å². The van der Waals surface area contributed by atoms with Crippen LogP contribution >= 0.6 is 0 Å². The molecule has 0 radical (unpaired) electrons. The highest BCUT2D eigenvalue weighted by atomic mass is 16.5.